The van der Waals surface area contributed by atoms with Crippen molar-refractivity contribution < 1.29 is 4.52 Å². The molecule has 11 heavy (non-hydrogen) atoms. The van der Waals surface area contributed by atoms with E-state index in [1.807, 2.05) is 0 Å². The molecule has 0 aromatic rings. The molecule has 1 nitrogen and oxygen atoms in total. The predicted molar refractivity (Wildman–Crippen MR) is 58.5 cm³/mol. The predicted octanol–water partition coefficient (Wildman–Crippen LogP) is 2.59. The van der Waals surface area contributed by atoms with Crippen LogP contribution in [0.15, 0.2) is 0 Å². The summed E-state index contributed by atoms with van der Waals surface area (Å²) in [5, 5.41) is 0. The van der Waals surface area contributed by atoms with Crippen LogP contribution in [0.3, 0.4) is 0 Å². The molecule has 0 atom stereocenters. The van der Waals surface area contributed by atoms with Gasteiger partial charge < -0.3 is 4.52 Å². The number of rotatable bonds is 1. The van der Waals surface area contributed by atoms with E-state index in [0.717, 1.165) is 11.5 Å². The number of hydrogen-bond acceptors (Lipinski definition) is 4. The van der Waals surface area contributed by atoms with E-state index in [0.29, 0.717) is 5.92 Å². The fraction of sp³-hybridized carbons (Fsp3) is 0.667. The molecular formula is C6H9OPS3. The first kappa shape index (κ1) is 9.95. The van der Waals surface area contributed by atoms with E-state index in [1.165, 1.54) is 0 Å². The molecule has 1 saturated heterocycles. The highest BCUT2D eigenvalue weighted by Gasteiger charge is 2.26. The van der Waals surface area contributed by atoms with Gasteiger partial charge in [0.15, 0.2) is 4.67 Å². The molecule has 0 spiro atoms. The van der Waals surface area contributed by atoms with Crippen molar-refractivity contribution in [2.45, 2.75) is 0 Å². The van der Waals surface area contributed by atoms with Crippen LogP contribution in [0.1, 0.15) is 0 Å². The van der Waals surface area contributed by atoms with Crippen LogP contribution in [0.25, 0.3) is 0 Å². The van der Waals surface area contributed by atoms with Crippen LogP contribution in [-0.4, -0.2) is 18.6 Å². The fourth-order valence-corrected chi connectivity index (χ4v) is 8.13. The summed E-state index contributed by atoms with van der Waals surface area (Å²) in [5.41, 5.74) is 0. The van der Waals surface area contributed by atoms with Crippen LogP contribution in [-0.2, 0) is 16.3 Å². The second-order valence-corrected chi connectivity index (χ2v) is 12.8. The Balaban J connectivity index is 2.49. The number of hydrogen-bond donors (Lipinski definition) is 0. The zero-order valence-corrected chi connectivity index (χ0v) is 9.49. The molecule has 0 aromatic heterocycles. The van der Waals surface area contributed by atoms with Gasteiger partial charge in [0.2, 0.25) is 0 Å². The quantitative estimate of drug-likeness (QED) is 0.500. The van der Waals surface area contributed by atoms with Gasteiger partial charge >= 0.3 is 0 Å². The van der Waals surface area contributed by atoms with Crippen molar-refractivity contribution >= 4 is 39.2 Å². The van der Waals surface area contributed by atoms with Crippen LogP contribution in [0.2, 0.25) is 0 Å². The maximum Gasteiger partial charge on any atom is 0.174 e. The zero-order chi connectivity index (χ0) is 8.32. The summed E-state index contributed by atoms with van der Waals surface area (Å²) in [6.45, 7) is 0. The van der Waals surface area contributed by atoms with Gasteiger partial charge in [-0.05, 0) is 11.8 Å². The van der Waals surface area contributed by atoms with Crippen LogP contribution >= 0.6 is 27.4 Å². The van der Waals surface area contributed by atoms with Crippen LogP contribution < -0.4 is 0 Å². The van der Waals surface area contributed by atoms with Gasteiger partial charge in [0.1, 0.15) is 0 Å². The summed E-state index contributed by atoms with van der Waals surface area (Å²) in [6, 6.07) is 0. The maximum absolute atomic E-state index is 5.30. The Kier molecular flexibility index (Phi) is 3.80. The van der Waals surface area contributed by atoms with Crippen LogP contribution in [0.5, 0.6) is 0 Å². The average molecular weight is 224 g/mol. The van der Waals surface area contributed by atoms with E-state index in [9.17, 15) is 0 Å². The Morgan fingerprint density at radius 1 is 1.64 bits per heavy atom. The molecule has 1 fully saturated rings. The minimum atomic E-state index is -1.57. The second-order valence-electron chi connectivity index (χ2n) is 2.08. The van der Waals surface area contributed by atoms with Crippen molar-refractivity contribution in [1.82, 2.24) is 0 Å². The Labute approximate surface area is 80.6 Å². The summed E-state index contributed by atoms with van der Waals surface area (Å²) < 4.78 is 3.68. The molecule has 62 valence electrons. The summed E-state index contributed by atoms with van der Waals surface area (Å²) in [6.07, 6.45) is 5.29. The maximum atomic E-state index is 5.30. The minimum absolute atomic E-state index is 0.385. The average Bonchev–Trinajstić information content (AvgIpc) is 2.06. The van der Waals surface area contributed by atoms with Gasteiger partial charge in [-0.1, -0.05) is 22.8 Å². The molecule has 0 aliphatic carbocycles. The summed E-state index contributed by atoms with van der Waals surface area (Å²) in [5.74, 6) is 5.06. The van der Waals surface area contributed by atoms with Gasteiger partial charge in [-0.25, -0.2) is 0 Å². The Hall–Kier alpha value is 0.870. The van der Waals surface area contributed by atoms with Gasteiger partial charge in [0.05, 0.1) is 0 Å². The molecule has 0 amide bonds. The van der Waals surface area contributed by atoms with Crippen LogP contribution in [0.4, 0.5) is 0 Å². The van der Waals surface area contributed by atoms with E-state index in [2.05, 4.69) is 5.92 Å². The van der Waals surface area contributed by atoms with E-state index in [4.69, 9.17) is 22.8 Å². The van der Waals surface area contributed by atoms with E-state index in [-0.39, 0.29) is 0 Å². The highest BCUT2D eigenvalue weighted by Crippen LogP contribution is 2.72. The minimum Gasteiger partial charge on any atom is -0.337 e. The van der Waals surface area contributed by atoms with Gasteiger partial charge in [-0.2, -0.15) is 0 Å². The summed E-state index contributed by atoms with van der Waals surface area (Å²) in [4.78, 5) is 0. The Morgan fingerprint density at radius 2 is 2.18 bits per heavy atom. The van der Waals surface area contributed by atoms with Crippen molar-refractivity contribution in [2.75, 3.05) is 18.6 Å². The largest absolute Gasteiger partial charge is 0.337 e. The molecule has 0 unspecified atom stereocenters. The SMILES string of the molecule is C#CC1CSP(=S)(OC)SC1. The van der Waals surface area contributed by atoms with Crippen LogP contribution in [0, 0.1) is 18.3 Å². The third-order valence-corrected chi connectivity index (χ3v) is 11.4. The smallest absolute Gasteiger partial charge is 0.174 e. The summed E-state index contributed by atoms with van der Waals surface area (Å²) >= 11 is 8.75. The number of terminal acetylenes is 1. The first-order valence-electron chi connectivity index (χ1n) is 3.11. The molecule has 0 radical (unpaired) electrons. The van der Waals surface area contributed by atoms with Gasteiger partial charge in [0, 0.05) is 24.5 Å². The molecule has 0 bridgehead atoms. The first-order valence-corrected chi connectivity index (χ1v) is 9.01. The molecular weight excluding hydrogens is 215 g/mol. The molecule has 0 N–H and O–H groups in total. The lowest BCUT2D eigenvalue weighted by molar-refractivity contribution is 0.480. The topological polar surface area (TPSA) is 9.23 Å². The van der Waals surface area contributed by atoms with E-state index < -0.39 is 4.67 Å². The molecule has 1 aliphatic heterocycles. The molecule has 1 heterocycles. The Bertz CT molecular complexity index is 210. The molecule has 0 saturated carbocycles. The van der Waals surface area contributed by atoms with Crippen molar-refractivity contribution in [3.05, 3.63) is 0 Å². The normalized spacial score (nSPS) is 38.0. The molecule has 1 aliphatic rings. The molecule has 1 rings (SSSR count). The lowest BCUT2D eigenvalue weighted by Crippen LogP contribution is -2.07. The fourth-order valence-electron chi connectivity index (χ4n) is 0.650. The molecule has 0 aromatic carbocycles. The van der Waals surface area contributed by atoms with Gasteiger partial charge in [0.25, 0.3) is 0 Å². The summed E-state index contributed by atoms with van der Waals surface area (Å²) in [7, 11) is 1.69. The monoisotopic (exact) mass is 224 g/mol. The van der Waals surface area contributed by atoms with E-state index >= 15 is 0 Å². The van der Waals surface area contributed by atoms with Crippen molar-refractivity contribution in [1.29, 1.82) is 0 Å². The van der Waals surface area contributed by atoms with Crippen molar-refractivity contribution in [2.24, 2.45) is 5.92 Å². The zero-order valence-electron chi connectivity index (χ0n) is 6.15. The third kappa shape index (κ3) is 2.68. The lowest BCUT2D eigenvalue weighted by atomic mass is 10.2. The third-order valence-electron chi connectivity index (χ3n) is 1.33. The van der Waals surface area contributed by atoms with E-state index in [1.54, 1.807) is 29.9 Å². The Morgan fingerprint density at radius 3 is 2.55 bits per heavy atom. The lowest BCUT2D eigenvalue weighted by Gasteiger charge is -2.26. The van der Waals surface area contributed by atoms with Crippen molar-refractivity contribution in [3.8, 4) is 12.3 Å². The van der Waals surface area contributed by atoms with Gasteiger partial charge in [-0.15, -0.1) is 12.3 Å². The van der Waals surface area contributed by atoms with Crippen molar-refractivity contribution in [3.63, 3.8) is 0 Å². The molecule has 5 heteroatoms. The first-order chi connectivity index (χ1) is 5.20. The highest BCUT2D eigenvalue weighted by molar-refractivity contribution is 8.99. The van der Waals surface area contributed by atoms with Gasteiger partial charge in [-0.3, -0.25) is 0 Å². The highest BCUT2D eigenvalue weighted by atomic mass is 33.2. The second kappa shape index (κ2) is 4.20. The standard InChI is InChI=1S/C6H9OPS3/c1-3-6-4-10-8(9,7-2)11-5-6/h1,6H,4-5H2,2H3.